The lowest BCUT2D eigenvalue weighted by atomic mass is 9.88. The molecule has 2 aromatic rings. The van der Waals surface area contributed by atoms with Crippen LogP contribution in [-0.4, -0.2) is 37.9 Å². The number of carbonyl (C=O) groups is 1. The zero-order chi connectivity index (χ0) is 23.5. The van der Waals surface area contributed by atoms with E-state index in [4.69, 9.17) is 9.47 Å². The summed E-state index contributed by atoms with van der Waals surface area (Å²) >= 11 is 6.79. The van der Waals surface area contributed by atoms with Crippen LogP contribution in [-0.2, 0) is 4.79 Å². The summed E-state index contributed by atoms with van der Waals surface area (Å²) in [7, 11) is 1.63. The molecule has 0 unspecified atom stereocenters. The third-order valence-electron chi connectivity index (χ3n) is 5.29. The molecule has 1 aliphatic rings. The van der Waals surface area contributed by atoms with Gasteiger partial charge in [0.2, 0.25) is 0 Å². The summed E-state index contributed by atoms with van der Waals surface area (Å²) in [5.74, 6) is 0.915. The summed E-state index contributed by atoms with van der Waals surface area (Å²) < 4.78 is 12.8. The average molecular weight is 565 g/mol. The van der Waals surface area contributed by atoms with Gasteiger partial charge in [-0.25, -0.2) is 5.43 Å². The molecule has 0 fully saturated rings. The minimum Gasteiger partial charge on any atom is -0.496 e. The van der Waals surface area contributed by atoms with Crippen LogP contribution in [0.25, 0.3) is 5.57 Å². The topological polar surface area (TPSA) is 63.2 Å². The van der Waals surface area contributed by atoms with Crippen molar-refractivity contribution in [1.82, 2.24) is 5.43 Å². The Balaban J connectivity index is 1.73. The third-order valence-corrected chi connectivity index (χ3v) is 6.40. The highest BCUT2D eigenvalue weighted by Gasteiger charge is 2.31. The van der Waals surface area contributed by atoms with Gasteiger partial charge in [-0.15, -0.1) is 0 Å². The molecule has 3 rings (SSSR count). The van der Waals surface area contributed by atoms with Gasteiger partial charge >= 0.3 is 0 Å². The lowest BCUT2D eigenvalue weighted by molar-refractivity contribution is -0.123. The maximum absolute atomic E-state index is 12.2. The molecule has 0 bridgehead atoms. The number of fused-ring (bicyclic) bond motifs is 1. The van der Waals surface area contributed by atoms with Crippen molar-refractivity contribution in [3.8, 4) is 11.5 Å². The number of hydrazone groups is 1. The number of nitrogens with one attached hydrogen (secondary N) is 1. The van der Waals surface area contributed by atoms with Gasteiger partial charge in [-0.1, -0.05) is 22.0 Å². The highest BCUT2D eigenvalue weighted by Crippen LogP contribution is 2.41. The lowest BCUT2D eigenvalue weighted by Gasteiger charge is -2.43. The highest BCUT2D eigenvalue weighted by atomic mass is 79.9. The van der Waals surface area contributed by atoms with E-state index < -0.39 is 0 Å². The predicted molar refractivity (Wildman–Crippen MR) is 137 cm³/mol. The van der Waals surface area contributed by atoms with Crippen molar-refractivity contribution in [1.29, 1.82) is 0 Å². The Kier molecular flexibility index (Phi) is 7.67. The van der Waals surface area contributed by atoms with Gasteiger partial charge in [0.1, 0.15) is 11.5 Å². The normalized spacial score (nSPS) is 14.7. The van der Waals surface area contributed by atoms with Gasteiger partial charge in [-0.3, -0.25) is 4.79 Å². The highest BCUT2D eigenvalue weighted by molar-refractivity contribution is 9.11. The third kappa shape index (κ3) is 5.35. The molecule has 0 saturated carbocycles. The minimum absolute atomic E-state index is 0.0791. The van der Waals surface area contributed by atoms with Crippen molar-refractivity contribution >= 4 is 55.2 Å². The van der Waals surface area contributed by atoms with Crippen LogP contribution < -0.4 is 19.8 Å². The number of ether oxygens (including phenoxy) is 2. The van der Waals surface area contributed by atoms with Gasteiger partial charge in [-0.2, -0.15) is 5.10 Å². The van der Waals surface area contributed by atoms with Crippen LogP contribution in [0.3, 0.4) is 0 Å². The summed E-state index contributed by atoms with van der Waals surface area (Å²) in [6.45, 7) is 9.39. The van der Waals surface area contributed by atoms with E-state index >= 15 is 0 Å². The van der Waals surface area contributed by atoms with Gasteiger partial charge < -0.3 is 14.4 Å². The Bertz CT molecular complexity index is 1080. The Labute approximate surface area is 205 Å². The van der Waals surface area contributed by atoms with E-state index in [9.17, 15) is 4.79 Å². The number of methoxy groups -OCH3 is 1. The lowest BCUT2D eigenvalue weighted by Crippen LogP contribution is -2.44. The number of rotatable bonds is 7. The van der Waals surface area contributed by atoms with Crippen molar-refractivity contribution in [2.75, 3.05) is 25.2 Å². The van der Waals surface area contributed by atoms with Crippen LogP contribution in [0.5, 0.6) is 11.5 Å². The first-order valence-electron chi connectivity index (χ1n) is 10.3. The molecule has 6 nitrogen and oxygen atoms in total. The number of nitrogens with zero attached hydrogens (tertiary/aromatic N) is 2. The number of halogens is 2. The molecule has 0 aromatic heterocycles. The molecule has 0 atom stereocenters. The molecule has 1 amide bonds. The monoisotopic (exact) mass is 563 g/mol. The van der Waals surface area contributed by atoms with Gasteiger partial charge in [0.05, 0.1) is 23.3 Å². The molecule has 1 aliphatic heterocycles. The van der Waals surface area contributed by atoms with Crippen molar-refractivity contribution in [2.45, 2.75) is 33.2 Å². The Morgan fingerprint density at radius 2 is 1.97 bits per heavy atom. The van der Waals surface area contributed by atoms with Gasteiger partial charge in [0.15, 0.2) is 6.61 Å². The SMILES string of the molecule is CCN1c2cc(OC)c(/C=N/NC(=O)COc3ccc(Br)cc3Br)cc2C(C)=CC1(C)C. The van der Waals surface area contributed by atoms with E-state index in [2.05, 4.69) is 81.1 Å². The predicted octanol–water partition coefficient (Wildman–Crippen LogP) is 5.77. The van der Waals surface area contributed by atoms with Crippen molar-refractivity contribution in [3.05, 3.63) is 56.5 Å². The number of amides is 1. The van der Waals surface area contributed by atoms with Gasteiger partial charge in [0, 0.05) is 33.9 Å². The number of allylic oxidation sites excluding steroid dienone is 1. The maximum atomic E-state index is 12.2. The van der Waals surface area contributed by atoms with Crippen molar-refractivity contribution < 1.29 is 14.3 Å². The fourth-order valence-corrected chi connectivity index (χ4v) is 5.08. The summed E-state index contributed by atoms with van der Waals surface area (Å²) in [6.07, 6.45) is 3.86. The molecule has 170 valence electrons. The summed E-state index contributed by atoms with van der Waals surface area (Å²) in [6, 6.07) is 9.55. The number of benzene rings is 2. The molecular weight excluding hydrogens is 538 g/mol. The van der Waals surface area contributed by atoms with Crippen molar-refractivity contribution in [2.24, 2.45) is 5.10 Å². The van der Waals surface area contributed by atoms with E-state index in [1.54, 1.807) is 19.4 Å². The molecule has 8 heteroatoms. The van der Waals surface area contributed by atoms with Crippen LogP contribution in [0.1, 0.15) is 38.8 Å². The van der Waals surface area contributed by atoms with Crippen LogP contribution in [0.4, 0.5) is 5.69 Å². The first kappa shape index (κ1) is 24.3. The Hall–Kier alpha value is -2.32. The molecule has 32 heavy (non-hydrogen) atoms. The second kappa shape index (κ2) is 10.1. The first-order chi connectivity index (χ1) is 15.2. The Morgan fingerprint density at radius 1 is 1.22 bits per heavy atom. The summed E-state index contributed by atoms with van der Waals surface area (Å²) in [5, 5.41) is 4.10. The van der Waals surface area contributed by atoms with E-state index in [1.807, 2.05) is 24.3 Å². The smallest absolute Gasteiger partial charge is 0.277 e. The summed E-state index contributed by atoms with van der Waals surface area (Å²) in [4.78, 5) is 14.5. The molecule has 1 heterocycles. The number of carbonyl (C=O) groups excluding carboxylic acids is 1. The van der Waals surface area contributed by atoms with E-state index in [0.717, 1.165) is 32.3 Å². The van der Waals surface area contributed by atoms with E-state index in [-0.39, 0.29) is 18.1 Å². The van der Waals surface area contributed by atoms with E-state index in [1.165, 1.54) is 5.57 Å². The molecule has 0 radical (unpaired) electrons. The van der Waals surface area contributed by atoms with Gasteiger partial charge in [-0.05, 0) is 73.5 Å². The first-order valence-corrected chi connectivity index (χ1v) is 11.8. The number of hydrogen-bond donors (Lipinski definition) is 1. The zero-order valence-electron chi connectivity index (χ0n) is 18.8. The number of likely N-dealkylation sites (N-methyl/N-ethyl adjacent to an activating group) is 1. The largest absolute Gasteiger partial charge is 0.496 e. The fraction of sp³-hybridized carbons (Fsp3) is 0.333. The van der Waals surface area contributed by atoms with Crippen LogP contribution in [0, 0.1) is 0 Å². The molecule has 0 spiro atoms. The van der Waals surface area contributed by atoms with Crippen molar-refractivity contribution in [3.63, 3.8) is 0 Å². The number of hydrogen-bond acceptors (Lipinski definition) is 5. The fourth-order valence-electron chi connectivity index (χ4n) is 3.92. The van der Waals surface area contributed by atoms with E-state index in [0.29, 0.717) is 11.5 Å². The quantitative estimate of drug-likeness (QED) is 0.342. The minimum atomic E-state index is -0.358. The molecule has 0 saturated heterocycles. The van der Waals surface area contributed by atoms with Gasteiger partial charge in [0.25, 0.3) is 5.91 Å². The molecule has 1 N–H and O–H groups in total. The molecule has 2 aromatic carbocycles. The second-order valence-electron chi connectivity index (χ2n) is 7.99. The molecule has 0 aliphatic carbocycles. The zero-order valence-corrected chi connectivity index (χ0v) is 22.0. The Morgan fingerprint density at radius 3 is 2.62 bits per heavy atom. The summed E-state index contributed by atoms with van der Waals surface area (Å²) in [5.41, 5.74) is 6.67. The average Bonchev–Trinajstić information content (AvgIpc) is 2.72. The second-order valence-corrected chi connectivity index (χ2v) is 9.76. The standard InChI is InChI=1S/C24H27Br2N3O3/c1-6-29-20-11-22(31-5)16(9-18(20)15(2)12-24(29,3)4)13-27-28-23(30)14-32-21-8-7-17(25)10-19(21)26/h7-13H,6,14H2,1-5H3,(H,28,30)/b27-13+. The van der Waals surface area contributed by atoms with Crippen LogP contribution in [0.2, 0.25) is 0 Å². The maximum Gasteiger partial charge on any atom is 0.277 e. The van der Waals surface area contributed by atoms with Crippen LogP contribution in [0.15, 0.2) is 50.5 Å². The number of anilines is 1. The van der Waals surface area contributed by atoms with Crippen LogP contribution >= 0.6 is 31.9 Å². The molecular formula is C24H27Br2N3O3.